The van der Waals surface area contributed by atoms with E-state index in [-0.39, 0.29) is 11.9 Å². The average molecular weight is 323 g/mol. The molecule has 0 radical (unpaired) electrons. The van der Waals surface area contributed by atoms with Crippen LogP contribution in [0.25, 0.3) is 0 Å². The quantitative estimate of drug-likeness (QED) is 0.666. The van der Waals surface area contributed by atoms with Gasteiger partial charge in [0.1, 0.15) is 5.82 Å². The first-order valence-electron chi connectivity index (χ1n) is 6.07. The molecule has 0 aliphatic carbocycles. The summed E-state index contributed by atoms with van der Waals surface area (Å²) < 4.78 is 14.7. The van der Waals surface area contributed by atoms with Crippen molar-refractivity contribution in [3.05, 3.63) is 69.4 Å². The van der Waals surface area contributed by atoms with Gasteiger partial charge in [-0.3, -0.25) is 11.3 Å². The minimum absolute atomic E-state index is 0.251. The molecule has 19 heavy (non-hydrogen) atoms. The maximum absolute atomic E-state index is 13.9. The predicted molar refractivity (Wildman–Crippen MR) is 79.0 cm³/mol. The van der Waals surface area contributed by atoms with Crippen molar-refractivity contribution in [2.24, 2.45) is 5.84 Å². The predicted octanol–water partition coefficient (Wildman–Crippen LogP) is 3.64. The minimum Gasteiger partial charge on any atom is -0.271 e. The minimum atomic E-state index is -0.251. The highest BCUT2D eigenvalue weighted by Gasteiger charge is 2.15. The number of nitrogens with two attached hydrogens (primary N) is 1. The van der Waals surface area contributed by atoms with E-state index in [2.05, 4.69) is 27.4 Å². The van der Waals surface area contributed by atoms with Gasteiger partial charge in [0.05, 0.1) is 6.04 Å². The van der Waals surface area contributed by atoms with Crippen molar-refractivity contribution >= 4 is 15.9 Å². The van der Waals surface area contributed by atoms with Crippen molar-refractivity contribution in [1.29, 1.82) is 0 Å². The number of nitrogens with one attached hydrogen (secondary N) is 1. The summed E-state index contributed by atoms with van der Waals surface area (Å²) in [5.74, 6) is 5.33. The van der Waals surface area contributed by atoms with Crippen molar-refractivity contribution < 1.29 is 4.39 Å². The molecular formula is C15H16BrFN2. The molecule has 2 aromatic carbocycles. The lowest BCUT2D eigenvalue weighted by Crippen LogP contribution is -2.30. The molecule has 100 valence electrons. The van der Waals surface area contributed by atoms with Crippen molar-refractivity contribution in [3.8, 4) is 0 Å². The molecule has 0 amide bonds. The Hall–Kier alpha value is -1.23. The second-order valence-electron chi connectivity index (χ2n) is 4.58. The first-order chi connectivity index (χ1) is 9.10. The van der Waals surface area contributed by atoms with E-state index in [9.17, 15) is 4.39 Å². The van der Waals surface area contributed by atoms with Crippen LogP contribution in [0.3, 0.4) is 0 Å². The summed E-state index contributed by atoms with van der Waals surface area (Å²) >= 11 is 3.36. The largest absolute Gasteiger partial charge is 0.271 e. The molecule has 1 unspecified atom stereocenters. The Morgan fingerprint density at radius 3 is 2.74 bits per heavy atom. The Morgan fingerprint density at radius 1 is 1.26 bits per heavy atom. The van der Waals surface area contributed by atoms with Crippen LogP contribution in [0.15, 0.2) is 46.9 Å². The molecule has 2 aromatic rings. The molecule has 1 atom stereocenters. The van der Waals surface area contributed by atoms with Crippen LogP contribution in [-0.4, -0.2) is 0 Å². The third-order valence-corrected chi connectivity index (χ3v) is 3.55. The van der Waals surface area contributed by atoms with E-state index >= 15 is 0 Å². The maximum Gasteiger partial charge on any atom is 0.128 e. The molecule has 2 rings (SSSR count). The molecule has 2 nitrogen and oxygen atoms in total. The molecule has 0 heterocycles. The van der Waals surface area contributed by atoms with E-state index in [1.165, 1.54) is 11.6 Å². The molecule has 0 bridgehead atoms. The first kappa shape index (κ1) is 14.2. The highest BCUT2D eigenvalue weighted by molar-refractivity contribution is 9.10. The van der Waals surface area contributed by atoms with Gasteiger partial charge in [0.25, 0.3) is 0 Å². The van der Waals surface area contributed by atoms with Crippen molar-refractivity contribution in [2.45, 2.75) is 19.4 Å². The molecule has 0 spiro atoms. The highest BCUT2D eigenvalue weighted by Crippen LogP contribution is 2.24. The van der Waals surface area contributed by atoms with E-state index in [4.69, 9.17) is 5.84 Å². The lowest BCUT2D eigenvalue weighted by Gasteiger charge is -2.17. The van der Waals surface area contributed by atoms with E-state index < -0.39 is 0 Å². The Bertz CT molecular complexity index is 572. The number of hydrogen-bond donors (Lipinski definition) is 2. The van der Waals surface area contributed by atoms with Crippen LogP contribution >= 0.6 is 15.9 Å². The van der Waals surface area contributed by atoms with Gasteiger partial charge in [0.15, 0.2) is 0 Å². The Morgan fingerprint density at radius 2 is 2.05 bits per heavy atom. The van der Waals surface area contributed by atoms with Crippen LogP contribution in [0.1, 0.15) is 22.7 Å². The lowest BCUT2D eigenvalue weighted by atomic mass is 9.98. The van der Waals surface area contributed by atoms with Gasteiger partial charge in [-0.1, -0.05) is 45.8 Å². The summed E-state index contributed by atoms with van der Waals surface area (Å²) in [4.78, 5) is 0. The van der Waals surface area contributed by atoms with Gasteiger partial charge in [-0.25, -0.2) is 4.39 Å². The molecule has 0 fully saturated rings. The Balaban J connectivity index is 2.27. The zero-order valence-corrected chi connectivity index (χ0v) is 12.2. The Labute approximate surface area is 120 Å². The van der Waals surface area contributed by atoms with E-state index in [0.29, 0.717) is 12.0 Å². The normalized spacial score (nSPS) is 12.4. The fraction of sp³-hybridized carbons (Fsp3) is 0.200. The Kier molecular flexibility index (Phi) is 4.69. The SMILES string of the molecule is Cc1cccc(CC(NN)c2cc(Br)ccc2F)c1. The van der Waals surface area contributed by atoms with Crippen LogP contribution in [0, 0.1) is 12.7 Å². The lowest BCUT2D eigenvalue weighted by molar-refractivity contribution is 0.510. The third kappa shape index (κ3) is 3.62. The fourth-order valence-electron chi connectivity index (χ4n) is 2.12. The summed E-state index contributed by atoms with van der Waals surface area (Å²) in [6.45, 7) is 2.04. The van der Waals surface area contributed by atoms with E-state index in [1.807, 2.05) is 25.1 Å². The number of halogens is 2. The number of benzene rings is 2. The summed E-state index contributed by atoms with van der Waals surface area (Å²) in [5, 5.41) is 0. The summed E-state index contributed by atoms with van der Waals surface area (Å²) in [7, 11) is 0. The van der Waals surface area contributed by atoms with E-state index in [0.717, 1.165) is 10.0 Å². The molecule has 0 aliphatic heterocycles. The van der Waals surface area contributed by atoms with Gasteiger partial charge in [0, 0.05) is 10.0 Å². The van der Waals surface area contributed by atoms with Crippen LogP contribution < -0.4 is 11.3 Å². The van der Waals surface area contributed by atoms with Crippen LogP contribution in [0.5, 0.6) is 0 Å². The van der Waals surface area contributed by atoms with Gasteiger partial charge in [0.2, 0.25) is 0 Å². The van der Waals surface area contributed by atoms with Crippen LogP contribution in [0.4, 0.5) is 4.39 Å². The fourth-order valence-corrected chi connectivity index (χ4v) is 2.49. The van der Waals surface area contributed by atoms with Crippen molar-refractivity contribution in [1.82, 2.24) is 5.43 Å². The van der Waals surface area contributed by atoms with Gasteiger partial charge >= 0.3 is 0 Å². The monoisotopic (exact) mass is 322 g/mol. The third-order valence-electron chi connectivity index (χ3n) is 3.06. The molecular weight excluding hydrogens is 307 g/mol. The highest BCUT2D eigenvalue weighted by atomic mass is 79.9. The molecule has 0 aliphatic rings. The average Bonchev–Trinajstić information content (AvgIpc) is 2.39. The second kappa shape index (κ2) is 6.28. The molecule has 0 saturated carbocycles. The van der Waals surface area contributed by atoms with Crippen LogP contribution in [-0.2, 0) is 6.42 Å². The maximum atomic E-state index is 13.9. The standard InChI is InChI=1S/C15H16BrFN2/c1-10-3-2-4-11(7-10)8-15(19-18)13-9-12(16)5-6-14(13)17/h2-7,9,15,19H,8,18H2,1H3. The zero-order chi connectivity index (χ0) is 13.8. The second-order valence-corrected chi connectivity index (χ2v) is 5.49. The van der Waals surface area contributed by atoms with Gasteiger partial charge in [-0.15, -0.1) is 0 Å². The van der Waals surface area contributed by atoms with Gasteiger partial charge in [-0.2, -0.15) is 0 Å². The number of aryl methyl sites for hydroxylation is 1. The zero-order valence-electron chi connectivity index (χ0n) is 10.7. The van der Waals surface area contributed by atoms with Gasteiger partial charge in [-0.05, 0) is 37.1 Å². The van der Waals surface area contributed by atoms with Crippen molar-refractivity contribution in [2.75, 3.05) is 0 Å². The van der Waals surface area contributed by atoms with Gasteiger partial charge < -0.3 is 0 Å². The molecule has 3 N–H and O–H groups in total. The molecule has 0 saturated heterocycles. The topological polar surface area (TPSA) is 38.0 Å². The molecule has 0 aromatic heterocycles. The number of rotatable bonds is 4. The number of hydrazine groups is 1. The summed E-state index contributed by atoms with van der Waals surface area (Å²) in [6.07, 6.45) is 0.644. The first-order valence-corrected chi connectivity index (χ1v) is 6.86. The molecule has 4 heteroatoms. The summed E-state index contributed by atoms with van der Waals surface area (Å²) in [5.41, 5.74) is 5.57. The summed E-state index contributed by atoms with van der Waals surface area (Å²) in [6, 6.07) is 12.8. The smallest absolute Gasteiger partial charge is 0.128 e. The van der Waals surface area contributed by atoms with E-state index in [1.54, 1.807) is 12.1 Å². The number of hydrogen-bond acceptors (Lipinski definition) is 2. The van der Waals surface area contributed by atoms with Crippen molar-refractivity contribution in [3.63, 3.8) is 0 Å². The van der Waals surface area contributed by atoms with Crippen LogP contribution in [0.2, 0.25) is 0 Å².